The van der Waals surface area contributed by atoms with Crippen LogP contribution in [0.5, 0.6) is 0 Å². The molecule has 0 saturated heterocycles. The minimum Gasteiger partial charge on any atom is -0.444 e. The molecule has 4 heteroatoms. The van der Waals surface area contributed by atoms with Crippen LogP contribution >= 0.6 is 0 Å². The van der Waals surface area contributed by atoms with Crippen molar-refractivity contribution in [2.24, 2.45) is 0 Å². The molecular weight excluding hydrogens is 300 g/mol. The normalized spacial score (nSPS) is 14.2. The van der Waals surface area contributed by atoms with Gasteiger partial charge in [-0.15, -0.1) is 0 Å². The zero-order chi connectivity index (χ0) is 17.7. The molecule has 24 heavy (non-hydrogen) atoms. The number of alkyl carbamates (subject to hydrolysis) is 1. The number of carbonyl (C=O) groups excluding carboxylic acids is 1. The lowest BCUT2D eigenvalue weighted by atomic mass is 9.99. The second-order valence-corrected chi connectivity index (χ2v) is 7.24. The average Bonchev–Trinajstić information content (AvgIpc) is 2.50. The van der Waals surface area contributed by atoms with Gasteiger partial charge in [0, 0.05) is 18.6 Å². The van der Waals surface area contributed by atoms with Crippen molar-refractivity contribution < 1.29 is 9.53 Å². The molecule has 0 bridgehead atoms. The molecule has 0 aromatic heterocycles. The van der Waals surface area contributed by atoms with Crippen molar-refractivity contribution in [1.29, 1.82) is 0 Å². The molecule has 0 aliphatic carbocycles. The smallest absolute Gasteiger partial charge is 0.407 e. The van der Waals surface area contributed by atoms with E-state index in [1.54, 1.807) is 0 Å². The van der Waals surface area contributed by atoms with Gasteiger partial charge in [-0.2, -0.15) is 0 Å². The highest BCUT2D eigenvalue weighted by Gasteiger charge is 2.17. The van der Waals surface area contributed by atoms with Crippen molar-refractivity contribution in [2.45, 2.75) is 52.3 Å². The van der Waals surface area contributed by atoms with E-state index in [2.05, 4.69) is 66.9 Å². The van der Waals surface area contributed by atoms with Gasteiger partial charge in [0.1, 0.15) is 5.60 Å². The van der Waals surface area contributed by atoms with Gasteiger partial charge in [0.2, 0.25) is 0 Å². The summed E-state index contributed by atoms with van der Waals surface area (Å²) in [6.07, 6.45) is -0.381. The van der Waals surface area contributed by atoms with Crippen LogP contribution in [0.2, 0.25) is 0 Å². The van der Waals surface area contributed by atoms with Crippen LogP contribution < -0.4 is 10.6 Å². The number of rotatable bonds is 5. The minimum absolute atomic E-state index is 0.131. The Bertz CT molecular complexity index is 686. The number of carbonyl (C=O) groups is 1. The van der Waals surface area contributed by atoms with E-state index in [1.165, 1.54) is 16.3 Å². The standard InChI is InChI=1S/C20H28N2O2/c1-14(13-21-19(23)24-20(3,4)5)22-15(2)17-12-8-10-16-9-6-7-11-18(16)17/h6-12,14-15,22H,13H2,1-5H3,(H,21,23). The molecule has 0 aliphatic heterocycles. The minimum atomic E-state index is -0.475. The maximum Gasteiger partial charge on any atom is 0.407 e. The molecule has 0 spiro atoms. The van der Waals surface area contributed by atoms with Gasteiger partial charge < -0.3 is 15.4 Å². The van der Waals surface area contributed by atoms with Gasteiger partial charge in [0.25, 0.3) is 0 Å². The molecular formula is C20H28N2O2. The number of ether oxygens (including phenoxy) is 1. The summed E-state index contributed by atoms with van der Waals surface area (Å²) in [6.45, 7) is 10.3. The number of nitrogens with one attached hydrogen (secondary N) is 2. The van der Waals surface area contributed by atoms with Crippen LogP contribution in [-0.2, 0) is 4.74 Å². The first kappa shape index (κ1) is 18.3. The highest BCUT2D eigenvalue weighted by atomic mass is 16.6. The Morgan fingerprint density at radius 1 is 1.08 bits per heavy atom. The van der Waals surface area contributed by atoms with Crippen molar-refractivity contribution in [3.05, 3.63) is 48.0 Å². The van der Waals surface area contributed by atoms with E-state index in [0.29, 0.717) is 6.54 Å². The third kappa shape index (κ3) is 5.24. The van der Waals surface area contributed by atoms with Gasteiger partial charge in [-0.25, -0.2) is 4.79 Å². The first-order valence-electron chi connectivity index (χ1n) is 8.47. The van der Waals surface area contributed by atoms with Crippen molar-refractivity contribution in [1.82, 2.24) is 10.6 Å². The van der Waals surface area contributed by atoms with Crippen LogP contribution in [0, 0.1) is 0 Å². The molecule has 0 aliphatic rings. The van der Waals surface area contributed by atoms with Crippen molar-refractivity contribution >= 4 is 16.9 Å². The Labute approximate surface area is 144 Å². The van der Waals surface area contributed by atoms with E-state index in [0.717, 1.165) is 0 Å². The molecule has 2 atom stereocenters. The topological polar surface area (TPSA) is 50.4 Å². The zero-order valence-corrected chi connectivity index (χ0v) is 15.2. The quantitative estimate of drug-likeness (QED) is 0.855. The van der Waals surface area contributed by atoms with Crippen LogP contribution in [-0.4, -0.2) is 24.3 Å². The summed E-state index contributed by atoms with van der Waals surface area (Å²) in [7, 11) is 0. The van der Waals surface area contributed by atoms with Crippen LogP contribution in [0.1, 0.15) is 46.2 Å². The number of fused-ring (bicyclic) bond motifs is 1. The van der Waals surface area contributed by atoms with E-state index in [4.69, 9.17) is 4.74 Å². The average molecular weight is 328 g/mol. The Balaban J connectivity index is 1.94. The fourth-order valence-corrected chi connectivity index (χ4v) is 2.75. The maximum absolute atomic E-state index is 11.7. The van der Waals surface area contributed by atoms with Gasteiger partial charge in [-0.1, -0.05) is 42.5 Å². The number of amides is 1. The zero-order valence-electron chi connectivity index (χ0n) is 15.2. The molecule has 1 amide bonds. The van der Waals surface area contributed by atoms with E-state index in [9.17, 15) is 4.79 Å². The van der Waals surface area contributed by atoms with E-state index >= 15 is 0 Å². The third-order valence-electron chi connectivity index (χ3n) is 3.78. The van der Waals surface area contributed by atoms with Gasteiger partial charge in [0.15, 0.2) is 0 Å². The maximum atomic E-state index is 11.7. The monoisotopic (exact) mass is 328 g/mol. The Morgan fingerprint density at radius 3 is 2.46 bits per heavy atom. The summed E-state index contributed by atoms with van der Waals surface area (Å²) in [5.41, 5.74) is 0.786. The number of hydrogen-bond donors (Lipinski definition) is 2. The van der Waals surface area contributed by atoms with E-state index < -0.39 is 5.60 Å². The van der Waals surface area contributed by atoms with E-state index in [1.807, 2.05) is 20.8 Å². The molecule has 130 valence electrons. The van der Waals surface area contributed by atoms with Crippen molar-refractivity contribution in [3.8, 4) is 0 Å². The summed E-state index contributed by atoms with van der Waals surface area (Å²) >= 11 is 0. The molecule has 2 aromatic rings. The summed E-state index contributed by atoms with van der Waals surface area (Å²) in [5.74, 6) is 0. The predicted molar refractivity (Wildman–Crippen MR) is 99.2 cm³/mol. The molecule has 2 N–H and O–H groups in total. The summed E-state index contributed by atoms with van der Waals surface area (Å²) < 4.78 is 5.26. The van der Waals surface area contributed by atoms with Crippen LogP contribution in [0.25, 0.3) is 10.8 Å². The lowest BCUT2D eigenvalue weighted by Crippen LogP contribution is -2.42. The number of hydrogen-bond acceptors (Lipinski definition) is 3. The fourth-order valence-electron chi connectivity index (χ4n) is 2.75. The Hall–Kier alpha value is -2.07. The summed E-state index contributed by atoms with van der Waals surface area (Å²) in [4.78, 5) is 11.7. The van der Waals surface area contributed by atoms with Crippen molar-refractivity contribution in [2.75, 3.05) is 6.54 Å². The lowest BCUT2D eigenvalue weighted by molar-refractivity contribution is 0.0522. The second-order valence-electron chi connectivity index (χ2n) is 7.24. The molecule has 2 unspecified atom stereocenters. The first-order valence-corrected chi connectivity index (χ1v) is 8.47. The Kier molecular flexibility index (Phi) is 5.84. The number of benzene rings is 2. The van der Waals surface area contributed by atoms with E-state index in [-0.39, 0.29) is 18.2 Å². The second kappa shape index (κ2) is 7.67. The summed E-state index contributed by atoms with van der Waals surface area (Å²) in [6, 6.07) is 15.1. The van der Waals surface area contributed by atoms with Gasteiger partial charge in [-0.05, 0) is 51.0 Å². The summed E-state index contributed by atoms with van der Waals surface area (Å²) in [5, 5.41) is 8.84. The highest BCUT2D eigenvalue weighted by molar-refractivity contribution is 5.86. The van der Waals surface area contributed by atoms with Crippen LogP contribution in [0.4, 0.5) is 4.79 Å². The lowest BCUT2D eigenvalue weighted by Gasteiger charge is -2.23. The van der Waals surface area contributed by atoms with Gasteiger partial charge in [0.05, 0.1) is 0 Å². The predicted octanol–water partition coefficient (Wildman–Crippen LogP) is 4.40. The largest absolute Gasteiger partial charge is 0.444 e. The van der Waals surface area contributed by atoms with Crippen LogP contribution in [0.15, 0.2) is 42.5 Å². The molecule has 2 aromatic carbocycles. The molecule has 2 rings (SSSR count). The van der Waals surface area contributed by atoms with Gasteiger partial charge >= 0.3 is 6.09 Å². The highest BCUT2D eigenvalue weighted by Crippen LogP contribution is 2.24. The third-order valence-corrected chi connectivity index (χ3v) is 3.78. The Morgan fingerprint density at radius 2 is 1.75 bits per heavy atom. The van der Waals surface area contributed by atoms with Crippen LogP contribution in [0.3, 0.4) is 0 Å². The first-order chi connectivity index (χ1) is 11.3. The molecule has 4 nitrogen and oxygen atoms in total. The molecule has 0 heterocycles. The SMILES string of the molecule is CC(CNC(=O)OC(C)(C)C)NC(C)c1cccc2ccccc12. The van der Waals surface area contributed by atoms with Gasteiger partial charge in [-0.3, -0.25) is 0 Å². The molecule has 0 saturated carbocycles. The molecule has 0 fully saturated rings. The fraction of sp³-hybridized carbons (Fsp3) is 0.450. The molecule has 0 radical (unpaired) electrons. The van der Waals surface area contributed by atoms with Crippen molar-refractivity contribution in [3.63, 3.8) is 0 Å².